The van der Waals surface area contributed by atoms with Crippen LogP contribution >= 0.6 is 11.3 Å². The van der Waals surface area contributed by atoms with Crippen LogP contribution in [0.2, 0.25) is 0 Å². The Morgan fingerprint density at radius 3 is 2.29 bits per heavy atom. The Morgan fingerprint density at radius 2 is 1.69 bits per heavy atom. The zero-order valence-corrected chi connectivity index (χ0v) is 24.2. The number of rotatable bonds is 13. The molecule has 0 bridgehead atoms. The maximum absolute atomic E-state index is 13.8. The van der Waals surface area contributed by atoms with Crippen LogP contribution in [0.5, 0.6) is 0 Å². The number of methoxy groups -OCH3 is 2. The van der Waals surface area contributed by atoms with E-state index in [9.17, 15) is 27.7 Å². The molecule has 0 aliphatic carbocycles. The second-order valence-electron chi connectivity index (χ2n) is 8.73. The molecule has 15 heteroatoms. The van der Waals surface area contributed by atoms with E-state index in [4.69, 9.17) is 9.47 Å². The van der Waals surface area contributed by atoms with Crippen LogP contribution in [0.15, 0.2) is 76.7 Å². The van der Waals surface area contributed by atoms with Crippen molar-refractivity contribution >= 4 is 54.5 Å². The average molecular weight is 616 g/mol. The smallest absolute Gasteiger partial charge is 0.280 e. The topological polar surface area (TPSA) is 145 Å². The molecule has 1 aromatic heterocycles. The largest absolute Gasteiger partial charge is 0.383 e. The lowest BCUT2D eigenvalue weighted by Crippen LogP contribution is -2.36. The number of aromatic nitrogens is 1. The van der Waals surface area contributed by atoms with Gasteiger partial charge in [0.15, 0.2) is 0 Å². The van der Waals surface area contributed by atoms with Gasteiger partial charge in [0.25, 0.3) is 11.6 Å². The Hall–Kier alpha value is -4.15. The number of carbonyl (C=O) groups excluding carboxylic acids is 1. The third-order valence-corrected chi connectivity index (χ3v) is 8.87. The van der Waals surface area contributed by atoms with Crippen LogP contribution in [0.3, 0.4) is 0 Å². The van der Waals surface area contributed by atoms with Gasteiger partial charge >= 0.3 is 0 Å². The maximum atomic E-state index is 13.8. The number of non-ortho nitro benzene ring substituents is 1. The van der Waals surface area contributed by atoms with Crippen LogP contribution in [-0.4, -0.2) is 75.3 Å². The summed E-state index contributed by atoms with van der Waals surface area (Å²) in [6.07, 6.45) is 1.33. The normalized spacial score (nSPS) is 11.9. The number of halogens is 1. The third kappa shape index (κ3) is 7.18. The summed E-state index contributed by atoms with van der Waals surface area (Å²) in [5, 5.41) is 16.4. The van der Waals surface area contributed by atoms with E-state index >= 15 is 0 Å². The molecule has 0 fully saturated rings. The van der Waals surface area contributed by atoms with Crippen molar-refractivity contribution in [1.82, 2.24) is 9.29 Å². The molecule has 0 saturated heterocycles. The molecule has 4 rings (SSSR count). The van der Waals surface area contributed by atoms with Gasteiger partial charge in [0.05, 0.1) is 39.5 Å². The highest BCUT2D eigenvalue weighted by Crippen LogP contribution is 2.31. The zero-order chi connectivity index (χ0) is 30.3. The van der Waals surface area contributed by atoms with Crippen molar-refractivity contribution in [2.45, 2.75) is 4.90 Å². The monoisotopic (exact) mass is 615 g/mol. The lowest BCUT2D eigenvalue weighted by atomic mass is 10.2. The van der Waals surface area contributed by atoms with Crippen molar-refractivity contribution in [3.63, 3.8) is 0 Å². The summed E-state index contributed by atoms with van der Waals surface area (Å²) in [5.41, 5.74) is 0.930. The van der Waals surface area contributed by atoms with Gasteiger partial charge < -0.3 is 9.47 Å². The Balaban J connectivity index is 1.66. The number of anilines is 1. The minimum absolute atomic E-state index is 0.0253. The van der Waals surface area contributed by atoms with E-state index < -0.39 is 26.7 Å². The molecule has 0 N–H and O–H groups in total. The minimum Gasteiger partial charge on any atom is -0.383 e. The third-order valence-electron chi connectivity index (χ3n) is 5.97. The first kappa shape index (κ1) is 30.8. The van der Waals surface area contributed by atoms with Crippen molar-refractivity contribution in [2.75, 3.05) is 45.5 Å². The Bertz CT molecular complexity index is 1690. The fraction of sp³-hybridized carbons (Fsp3) is 0.222. The van der Waals surface area contributed by atoms with Gasteiger partial charge in [-0.15, -0.1) is 0 Å². The summed E-state index contributed by atoms with van der Waals surface area (Å²) in [4.78, 5) is 28.5. The number of nitro benzene ring substituents is 1. The van der Waals surface area contributed by atoms with Gasteiger partial charge in [-0.25, -0.2) is 17.8 Å². The molecule has 4 aromatic rings. The summed E-state index contributed by atoms with van der Waals surface area (Å²) >= 11 is 1.04. The van der Waals surface area contributed by atoms with Crippen molar-refractivity contribution in [2.24, 2.45) is 5.10 Å². The highest BCUT2D eigenvalue weighted by atomic mass is 32.2. The van der Waals surface area contributed by atoms with Gasteiger partial charge in [-0.05, 0) is 60.2 Å². The summed E-state index contributed by atoms with van der Waals surface area (Å²) in [5.74, 6) is -1.10. The summed E-state index contributed by atoms with van der Waals surface area (Å²) in [6.45, 7) is 0.610. The number of hydrogen-bond donors (Lipinski definition) is 0. The fourth-order valence-electron chi connectivity index (χ4n) is 3.75. The van der Waals surface area contributed by atoms with Gasteiger partial charge in [-0.3, -0.25) is 14.9 Å². The number of ether oxygens (including phenoxy) is 2. The Kier molecular flexibility index (Phi) is 10.0. The fourth-order valence-corrected chi connectivity index (χ4v) is 6.11. The maximum Gasteiger partial charge on any atom is 0.280 e. The molecule has 0 radical (unpaired) electrons. The van der Waals surface area contributed by atoms with Crippen molar-refractivity contribution in [3.8, 4) is 0 Å². The number of hydrazone groups is 1. The Labute approximate surface area is 244 Å². The number of nitro groups is 1. The molecule has 0 unspecified atom stereocenters. The molecule has 0 atom stereocenters. The van der Waals surface area contributed by atoms with Crippen molar-refractivity contribution < 1.29 is 32.0 Å². The molecule has 0 saturated carbocycles. The summed E-state index contributed by atoms with van der Waals surface area (Å²) < 4.78 is 52.1. The van der Waals surface area contributed by atoms with Gasteiger partial charge in [-0.1, -0.05) is 11.3 Å². The number of sulfonamides is 1. The number of carbonyl (C=O) groups is 1. The number of fused-ring (bicyclic) bond motifs is 1. The quantitative estimate of drug-likeness (QED) is 0.123. The molecule has 0 aliphatic heterocycles. The van der Waals surface area contributed by atoms with Gasteiger partial charge in [0, 0.05) is 45.0 Å². The molecule has 220 valence electrons. The van der Waals surface area contributed by atoms with E-state index in [1.807, 2.05) is 0 Å². The molecule has 1 amide bonds. The lowest BCUT2D eigenvalue weighted by molar-refractivity contribution is -0.384. The van der Waals surface area contributed by atoms with Crippen LogP contribution in [0.4, 0.5) is 15.2 Å². The SMILES string of the molecule is COCCN(CCOC)S(=O)(=O)c1ccc(C(=O)N(/N=C/c2ccc([N+](=O)[O-])cc2)c2nc3ccc(F)cc3s2)cc1. The minimum atomic E-state index is -3.91. The molecule has 12 nitrogen and oxygen atoms in total. The molecule has 42 heavy (non-hydrogen) atoms. The molecular formula is C27H26FN5O7S2. The van der Waals surface area contributed by atoms with Crippen LogP contribution < -0.4 is 5.01 Å². The molecule has 1 heterocycles. The predicted molar refractivity (Wildman–Crippen MR) is 156 cm³/mol. The summed E-state index contributed by atoms with van der Waals surface area (Å²) in [7, 11) is -0.970. The first-order chi connectivity index (χ1) is 20.1. The predicted octanol–water partition coefficient (Wildman–Crippen LogP) is 4.31. The van der Waals surface area contributed by atoms with Gasteiger partial charge in [0.1, 0.15) is 5.82 Å². The van der Waals surface area contributed by atoms with Gasteiger partial charge in [-0.2, -0.15) is 14.4 Å². The van der Waals surface area contributed by atoms with E-state index in [1.54, 1.807) is 0 Å². The molecule has 0 aliphatic rings. The number of benzene rings is 3. The van der Waals surface area contributed by atoms with Gasteiger partial charge in [0.2, 0.25) is 15.2 Å². The zero-order valence-electron chi connectivity index (χ0n) is 22.5. The number of thiazole rings is 1. The van der Waals surface area contributed by atoms with E-state index in [0.717, 1.165) is 16.3 Å². The molecular weight excluding hydrogens is 589 g/mol. The first-order valence-corrected chi connectivity index (χ1v) is 14.7. The van der Waals surface area contributed by atoms with Crippen LogP contribution in [0, 0.1) is 15.9 Å². The molecule has 3 aromatic carbocycles. The first-order valence-electron chi connectivity index (χ1n) is 12.4. The summed E-state index contributed by atoms with van der Waals surface area (Å²) in [6, 6.07) is 14.9. The number of nitrogens with zero attached hydrogens (tertiary/aromatic N) is 5. The second kappa shape index (κ2) is 13.7. The van der Waals surface area contributed by atoms with Crippen molar-refractivity contribution in [1.29, 1.82) is 0 Å². The van der Waals surface area contributed by atoms with E-state index in [1.165, 1.54) is 91.5 Å². The number of hydrogen-bond acceptors (Lipinski definition) is 10. The van der Waals surface area contributed by atoms with Crippen LogP contribution in [-0.2, 0) is 19.5 Å². The highest BCUT2D eigenvalue weighted by molar-refractivity contribution is 7.89. The van der Waals surface area contributed by atoms with E-state index in [2.05, 4.69) is 10.1 Å². The van der Waals surface area contributed by atoms with E-state index in [-0.39, 0.29) is 47.6 Å². The highest BCUT2D eigenvalue weighted by Gasteiger charge is 2.26. The lowest BCUT2D eigenvalue weighted by Gasteiger charge is -2.21. The molecule has 0 spiro atoms. The second-order valence-corrected chi connectivity index (χ2v) is 11.7. The number of amides is 1. The van der Waals surface area contributed by atoms with Crippen molar-refractivity contribution in [3.05, 3.63) is 93.8 Å². The standard InChI is InChI=1S/C27H26FN5O7S2/c1-39-15-13-31(14-16-40-2)42(37,38)23-10-5-20(6-11-23)26(34)32(27-30-24-12-7-21(28)17-25(24)41-27)29-18-19-3-8-22(9-4-19)33(35)36/h3-12,17-18H,13-16H2,1-2H3/b29-18+. The Morgan fingerprint density at radius 1 is 1.05 bits per heavy atom. The van der Waals surface area contributed by atoms with E-state index in [0.29, 0.717) is 15.8 Å². The average Bonchev–Trinajstić information content (AvgIpc) is 3.40. The van der Waals surface area contributed by atoms with Crippen LogP contribution in [0.1, 0.15) is 15.9 Å². The van der Waals surface area contributed by atoms with Crippen LogP contribution in [0.25, 0.3) is 10.2 Å².